The number of carbonyl (C=O) groups excluding carboxylic acids is 1. The van der Waals surface area contributed by atoms with E-state index < -0.39 is 0 Å². The summed E-state index contributed by atoms with van der Waals surface area (Å²) < 4.78 is 16.7. The Morgan fingerprint density at radius 3 is 2.52 bits per heavy atom. The van der Waals surface area contributed by atoms with Gasteiger partial charge in [-0.05, 0) is 43.5 Å². The Hall–Kier alpha value is -1.59. The third-order valence-corrected chi connectivity index (χ3v) is 5.08. The van der Waals surface area contributed by atoms with Crippen molar-refractivity contribution >= 4 is 5.91 Å². The van der Waals surface area contributed by atoms with E-state index in [1.54, 1.807) is 14.2 Å². The normalized spacial score (nSPS) is 23.7. The fourth-order valence-electron chi connectivity index (χ4n) is 3.57. The van der Waals surface area contributed by atoms with Gasteiger partial charge in [0.1, 0.15) is 5.75 Å². The van der Waals surface area contributed by atoms with Crippen LogP contribution in [0.25, 0.3) is 0 Å². The number of likely N-dealkylation sites (tertiary alicyclic amines) is 1. The van der Waals surface area contributed by atoms with Crippen LogP contribution in [-0.2, 0) is 9.47 Å². The Bertz CT molecular complexity index is 534. The predicted octanol–water partition coefficient (Wildman–Crippen LogP) is 2.50. The van der Waals surface area contributed by atoms with Gasteiger partial charge in [-0.1, -0.05) is 0 Å². The average molecular weight is 319 g/mol. The summed E-state index contributed by atoms with van der Waals surface area (Å²) in [7, 11) is 3.39. The molecule has 1 spiro atoms. The number of amides is 1. The van der Waals surface area contributed by atoms with Crippen LogP contribution in [-0.4, -0.2) is 56.4 Å². The van der Waals surface area contributed by atoms with Crippen molar-refractivity contribution in [2.24, 2.45) is 0 Å². The number of hydrogen-bond donors (Lipinski definition) is 0. The lowest BCUT2D eigenvalue weighted by molar-refractivity contribution is -0.146. The molecule has 3 rings (SSSR count). The van der Waals surface area contributed by atoms with Crippen molar-refractivity contribution in [3.63, 3.8) is 0 Å². The van der Waals surface area contributed by atoms with Crippen LogP contribution in [0.3, 0.4) is 0 Å². The summed E-state index contributed by atoms with van der Waals surface area (Å²) in [5.74, 6) is 0.849. The predicted molar refractivity (Wildman–Crippen MR) is 86.8 cm³/mol. The van der Waals surface area contributed by atoms with Crippen molar-refractivity contribution in [2.75, 3.05) is 33.9 Å². The number of rotatable bonds is 3. The van der Waals surface area contributed by atoms with E-state index in [0.717, 1.165) is 51.1 Å². The minimum atomic E-state index is -0.102. The molecule has 1 aromatic rings. The number of hydrogen-bond acceptors (Lipinski definition) is 4. The number of benzene rings is 1. The minimum absolute atomic E-state index is 0.0848. The zero-order valence-corrected chi connectivity index (χ0v) is 13.9. The Labute approximate surface area is 137 Å². The molecule has 5 heteroatoms. The zero-order valence-electron chi connectivity index (χ0n) is 13.9. The maximum atomic E-state index is 12.6. The van der Waals surface area contributed by atoms with E-state index in [-0.39, 0.29) is 17.6 Å². The molecule has 0 aliphatic carbocycles. The van der Waals surface area contributed by atoms with Crippen LogP contribution in [0.1, 0.15) is 36.0 Å². The first kappa shape index (κ1) is 16.3. The highest BCUT2D eigenvalue weighted by atomic mass is 16.5. The van der Waals surface area contributed by atoms with Crippen molar-refractivity contribution in [2.45, 2.75) is 37.4 Å². The van der Waals surface area contributed by atoms with Gasteiger partial charge < -0.3 is 19.1 Å². The molecule has 126 valence electrons. The summed E-state index contributed by atoms with van der Waals surface area (Å²) in [5.41, 5.74) is 0.608. The molecule has 2 heterocycles. The van der Waals surface area contributed by atoms with Gasteiger partial charge >= 0.3 is 0 Å². The number of piperidine rings is 1. The number of carbonyl (C=O) groups is 1. The van der Waals surface area contributed by atoms with E-state index >= 15 is 0 Å². The van der Waals surface area contributed by atoms with Crippen LogP contribution in [0.15, 0.2) is 24.3 Å². The molecule has 1 unspecified atom stereocenters. The smallest absolute Gasteiger partial charge is 0.253 e. The van der Waals surface area contributed by atoms with Gasteiger partial charge in [0.15, 0.2) is 0 Å². The molecule has 0 aromatic heterocycles. The SMILES string of the molecule is COc1ccc(C(=O)N2CCC3(CC2)CC(OC)CCO3)cc1. The molecule has 0 N–H and O–H groups in total. The van der Waals surface area contributed by atoms with Crippen molar-refractivity contribution in [1.82, 2.24) is 4.90 Å². The van der Waals surface area contributed by atoms with E-state index in [9.17, 15) is 4.79 Å². The van der Waals surface area contributed by atoms with Gasteiger partial charge in [0.05, 0.1) is 18.8 Å². The summed E-state index contributed by atoms with van der Waals surface area (Å²) in [6, 6.07) is 7.30. The van der Waals surface area contributed by atoms with Gasteiger partial charge in [0.2, 0.25) is 0 Å². The summed E-state index contributed by atoms with van der Waals surface area (Å²) in [6.45, 7) is 2.23. The molecular weight excluding hydrogens is 294 g/mol. The van der Waals surface area contributed by atoms with Crippen molar-refractivity contribution in [3.8, 4) is 5.75 Å². The van der Waals surface area contributed by atoms with E-state index in [0.29, 0.717) is 5.56 Å². The first-order valence-electron chi connectivity index (χ1n) is 8.26. The molecule has 2 fully saturated rings. The molecule has 5 nitrogen and oxygen atoms in total. The van der Waals surface area contributed by atoms with Crippen LogP contribution in [0.4, 0.5) is 0 Å². The molecule has 1 amide bonds. The van der Waals surface area contributed by atoms with Gasteiger partial charge in [-0.15, -0.1) is 0 Å². The third kappa shape index (κ3) is 3.51. The topological polar surface area (TPSA) is 48.0 Å². The van der Waals surface area contributed by atoms with E-state index in [1.807, 2.05) is 29.2 Å². The van der Waals surface area contributed by atoms with Crippen molar-refractivity contribution in [3.05, 3.63) is 29.8 Å². The Morgan fingerprint density at radius 2 is 1.91 bits per heavy atom. The second-order valence-electron chi connectivity index (χ2n) is 6.40. The molecule has 2 saturated heterocycles. The second-order valence-corrected chi connectivity index (χ2v) is 6.40. The lowest BCUT2D eigenvalue weighted by atomic mass is 9.83. The van der Waals surface area contributed by atoms with Crippen LogP contribution in [0.2, 0.25) is 0 Å². The highest BCUT2D eigenvalue weighted by Gasteiger charge is 2.41. The molecule has 0 radical (unpaired) electrons. The summed E-state index contributed by atoms with van der Waals surface area (Å²) in [4.78, 5) is 14.5. The first-order chi connectivity index (χ1) is 11.2. The number of methoxy groups -OCH3 is 2. The van der Waals surface area contributed by atoms with Crippen LogP contribution in [0.5, 0.6) is 5.75 Å². The molecule has 2 aliphatic rings. The number of ether oxygens (including phenoxy) is 3. The lowest BCUT2D eigenvalue weighted by Crippen LogP contribution is -2.51. The van der Waals surface area contributed by atoms with Gasteiger partial charge in [-0.3, -0.25) is 4.79 Å². The molecule has 0 saturated carbocycles. The Balaban J connectivity index is 1.60. The lowest BCUT2D eigenvalue weighted by Gasteiger charge is -2.45. The number of nitrogens with zero attached hydrogens (tertiary/aromatic N) is 1. The van der Waals surface area contributed by atoms with Gasteiger partial charge in [-0.25, -0.2) is 0 Å². The standard InChI is InChI=1S/C18H25NO4/c1-21-15-5-3-14(4-6-15)17(20)19-10-8-18(9-11-19)13-16(22-2)7-12-23-18/h3-6,16H,7-13H2,1-2H3. The maximum absolute atomic E-state index is 12.6. The van der Waals surface area contributed by atoms with Gasteiger partial charge in [-0.2, -0.15) is 0 Å². The molecule has 0 bridgehead atoms. The Morgan fingerprint density at radius 1 is 1.22 bits per heavy atom. The zero-order chi connectivity index (χ0) is 16.3. The summed E-state index contributed by atoms with van der Waals surface area (Å²) in [5, 5.41) is 0. The van der Waals surface area contributed by atoms with Gasteiger partial charge in [0, 0.05) is 38.8 Å². The molecule has 1 aromatic carbocycles. The molecule has 1 atom stereocenters. The van der Waals surface area contributed by atoms with Crippen LogP contribution in [0, 0.1) is 0 Å². The third-order valence-electron chi connectivity index (χ3n) is 5.08. The monoisotopic (exact) mass is 319 g/mol. The second kappa shape index (κ2) is 6.89. The molecule has 23 heavy (non-hydrogen) atoms. The van der Waals surface area contributed by atoms with Crippen molar-refractivity contribution in [1.29, 1.82) is 0 Å². The summed E-state index contributed by atoms with van der Waals surface area (Å²) >= 11 is 0. The minimum Gasteiger partial charge on any atom is -0.497 e. The average Bonchev–Trinajstić information content (AvgIpc) is 2.62. The van der Waals surface area contributed by atoms with Gasteiger partial charge in [0.25, 0.3) is 5.91 Å². The molecular formula is C18H25NO4. The van der Waals surface area contributed by atoms with Crippen LogP contribution < -0.4 is 4.74 Å². The fraction of sp³-hybridized carbons (Fsp3) is 0.611. The van der Waals surface area contributed by atoms with Crippen LogP contribution >= 0.6 is 0 Å². The van der Waals surface area contributed by atoms with Crippen molar-refractivity contribution < 1.29 is 19.0 Å². The van der Waals surface area contributed by atoms with E-state index in [1.165, 1.54) is 0 Å². The summed E-state index contributed by atoms with van der Waals surface area (Å²) in [6.07, 6.45) is 3.96. The quantitative estimate of drug-likeness (QED) is 0.859. The Kier molecular flexibility index (Phi) is 4.87. The maximum Gasteiger partial charge on any atom is 0.253 e. The highest BCUT2D eigenvalue weighted by molar-refractivity contribution is 5.94. The van der Waals surface area contributed by atoms with E-state index in [2.05, 4.69) is 0 Å². The first-order valence-corrected chi connectivity index (χ1v) is 8.26. The molecule has 2 aliphatic heterocycles. The largest absolute Gasteiger partial charge is 0.497 e. The van der Waals surface area contributed by atoms with E-state index in [4.69, 9.17) is 14.2 Å². The fourth-order valence-corrected chi connectivity index (χ4v) is 3.57. The highest BCUT2D eigenvalue weighted by Crippen LogP contribution is 2.36.